The number of carbonyl (C=O) groups is 1. The van der Waals surface area contributed by atoms with Crippen molar-refractivity contribution >= 4 is 44.9 Å². The van der Waals surface area contributed by atoms with Gasteiger partial charge in [-0.05, 0) is 49.7 Å². The number of para-hydroxylation sites is 1. The van der Waals surface area contributed by atoms with Crippen LogP contribution in [0.1, 0.15) is 10.4 Å². The Morgan fingerprint density at radius 3 is 2.70 bits per heavy atom. The summed E-state index contributed by atoms with van der Waals surface area (Å²) >= 11 is 2.64. The average Bonchev–Trinajstić information content (AvgIpc) is 3.10. The second-order valence-corrected chi connectivity index (χ2v) is 8.98. The number of nitrogens with one attached hydrogen (secondary N) is 1. The molecule has 2 N–H and O–H groups in total. The molecule has 2 aromatic carbocycles. The van der Waals surface area contributed by atoms with Crippen molar-refractivity contribution in [1.29, 1.82) is 0 Å². The first-order valence-electron chi connectivity index (χ1n) is 9.23. The molecule has 8 heteroatoms. The predicted octanol–water partition coefficient (Wildman–Crippen LogP) is 4.50. The lowest BCUT2D eigenvalue weighted by molar-refractivity contribution is -0.113. The van der Waals surface area contributed by atoms with Gasteiger partial charge in [-0.2, -0.15) is 0 Å². The molecule has 0 saturated carbocycles. The van der Waals surface area contributed by atoms with Crippen LogP contribution in [0.25, 0.3) is 15.9 Å². The van der Waals surface area contributed by atoms with Crippen molar-refractivity contribution in [3.8, 4) is 11.4 Å². The third-order valence-electron chi connectivity index (χ3n) is 4.43. The molecule has 30 heavy (non-hydrogen) atoms. The zero-order chi connectivity index (χ0) is 21.3. The number of aromatic nitrogens is 2. The Labute approximate surface area is 181 Å². The fourth-order valence-corrected chi connectivity index (χ4v) is 4.78. The van der Waals surface area contributed by atoms with Crippen LogP contribution in [0.5, 0.6) is 5.75 Å². The normalized spacial score (nSPS) is 11.0. The van der Waals surface area contributed by atoms with E-state index >= 15 is 0 Å². The molecule has 0 aliphatic heterocycles. The van der Waals surface area contributed by atoms with Crippen LogP contribution < -0.4 is 10.9 Å². The quantitative estimate of drug-likeness (QED) is 0.273. The molecule has 6 nitrogen and oxygen atoms in total. The number of phenolic OH excluding ortho intramolecular Hbond substituents is 1. The summed E-state index contributed by atoms with van der Waals surface area (Å²) in [5, 5.41) is 13.7. The lowest BCUT2D eigenvalue weighted by Gasteiger charge is -2.12. The van der Waals surface area contributed by atoms with Crippen LogP contribution in [0.4, 0.5) is 5.69 Å². The first-order valence-corrected chi connectivity index (χ1v) is 11.0. The smallest absolute Gasteiger partial charge is 0.267 e. The molecular weight excluding hydrogens is 418 g/mol. The molecule has 0 aliphatic rings. The third-order valence-corrected chi connectivity index (χ3v) is 6.31. The molecule has 0 saturated heterocycles. The summed E-state index contributed by atoms with van der Waals surface area (Å²) < 4.78 is 1.54. The summed E-state index contributed by atoms with van der Waals surface area (Å²) in [5.41, 5.74) is 1.82. The number of fused-ring (bicyclic) bond motifs is 1. The van der Waals surface area contributed by atoms with Gasteiger partial charge in [-0.1, -0.05) is 36.0 Å². The third kappa shape index (κ3) is 4.10. The largest absolute Gasteiger partial charge is 0.506 e. The minimum absolute atomic E-state index is 0.00810. The van der Waals surface area contributed by atoms with E-state index in [9.17, 15) is 14.7 Å². The van der Waals surface area contributed by atoms with E-state index in [1.165, 1.54) is 27.7 Å². The van der Waals surface area contributed by atoms with Gasteiger partial charge in [0.05, 0.1) is 22.5 Å². The molecule has 0 bridgehead atoms. The Bertz CT molecular complexity index is 1300. The predicted molar refractivity (Wildman–Crippen MR) is 122 cm³/mol. The Kier molecular flexibility index (Phi) is 5.61. The van der Waals surface area contributed by atoms with Gasteiger partial charge in [0.15, 0.2) is 5.16 Å². The topological polar surface area (TPSA) is 84.2 Å². The molecule has 4 aromatic rings. The minimum atomic E-state index is -0.294. The van der Waals surface area contributed by atoms with Gasteiger partial charge < -0.3 is 10.4 Å². The number of aryl methyl sites for hydroxylation is 2. The molecule has 1 amide bonds. The lowest BCUT2D eigenvalue weighted by Crippen LogP contribution is -2.22. The van der Waals surface area contributed by atoms with E-state index in [1.54, 1.807) is 18.2 Å². The zero-order valence-electron chi connectivity index (χ0n) is 16.4. The van der Waals surface area contributed by atoms with Crippen molar-refractivity contribution in [1.82, 2.24) is 9.55 Å². The number of nitrogens with zero attached hydrogens (tertiary/aromatic N) is 2. The molecule has 0 atom stereocenters. The summed E-state index contributed by atoms with van der Waals surface area (Å²) in [6.07, 6.45) is 0. The second-order valence-electron chi connectivity index (χ2n) is 6.80. The first kappa shape index (κ1) is 20.2. The fourth-order valence-electron chi connectivity index (χ4n) is 3.05. The number of anilines is 1. The monoisotopic (exact) mass is 437 g/mol. The first-order chi connectivity index (χ1) is 14.4. The highest BCUT2D eigenvalue weighted by Crippen LogP contribution is 2.27. The van der Waals surface area contributed by atoms with E-state index in [1.807, 2.05) is 50.2 Å². The maximum absolute atomic E-state index is 13.2. The van der Waals surface area contributed by atoms with Gasteiger partial charge in [-0.15, -0.1) is 11.3 Å². The van der Waals surface area contributed by atoms with Gasteiger partial charge >= 0.3 is 0 Å². The molecule has 4 rings (SSSR count). The molecule has 0 aliphatic carbocycles. The lowest BCUT2D eigenvalue weighted by atomic mass is 10.2. The number of benzene rings is 2. The van der Waals surface area contributed by atoms with E-state index in [0.717, 1.165) is 10.4 Å². The Hall–Kier alpha value is -3.10. The highest BCUT2D eigenvalue weighted by molar-refractivity contribution is 7.99. The van der Waals surface area contributed by atoms with Gasteiger partial charge in [0.25, 0.3) is 5.56 Å². The standard InChI is InChI=1S/C22H19N3O3S2/c1-13-8-9-18(26)17(10-13)23-19(27)12-29-22-24-20-16(11-14(2)30-20)21(28)25(22)15-6-4-3-5-7-15/h3-11,26H,12H2,1-2H3,(H,23,27). The molecule has 152 valence electrons. The number of amides is 1. The number of carbonyl (C=O) groups excluding carboxylic acids is 1. The second kappa shape index (κ2) is 8.33. The van der Waals surface area contributed by atoms with Crippen molar-refractivity contribution in [2.45, 2.75) is 19.0 Å². The van der Waals surface area contributed by atoms with Gasteiger partial charge in [-0.25, -0.2) is 4.98 Å². The number of phenols is 1. The van der Waals surface area contributed by atoms with Crippen LogP contribution in [0, 0.1) is 13.8 Å². The maximum atomic E-state index is 13.2. The highest BCUT2D eigenvalue weighted by Gasteiger charge is 2.17. The summed E-state index contributed by atoms with van der Waals surface area (Å²) in [6.45, 7) is 3.82. The van der Waals surface area contributed by atoms with E-state index in [2.05, 4.69) is 10.3 Å². The van der Waals surface area contributed by atoms with Crippen molar-refractivity contribution in [2.24, 2.45) is 0 Å². The molecule has 0 fully saturated rings. The van der Waals surface area contributed by atoms with Gasteiger partial charge in [-0.3, -0.25) is 14.2 Å². The van der Waals surface area contributed by atoms with Gasteiger partial charge in [0.2, 0.25) is 5.91 Å². The number of rotatable bonds is 5. The molecule has 0 spiro atoms. The summed E-state index contributed by atoms with van der Waals surface area (Å²) in [7, 11) is 0. The number of hydrogen-bond acceptors (Lipinski definition) is 6. The van der Waals surface area contributed by atoms with E-state index in [0.29, 0.717) is 26.7 Å². The number of thiophene rings is 1. The number of thioether (sulfide) groups is 1. The van der Waals surface area contributed by atoms with Crippen LogP contribution >= 0.6 is 23.1 Å². The molecule has 0 unspecified atom stereocenters. The maximum Gasteiger partial charge on any atom is 0.267 e. The van der Waals surface area contributed by atoms with Gasteiger partial charge in [0.1, 0.15) is 10.6 Å². The molecule has 2 aromatic heterocycles. The summed E-state index contributed by atoms with van der Waals surface area (Å²) in [4.78, 5) is 32.0. The van der Waals surface area contributed by atoms with Crippen LogP contribution in [-0.4, -0.2) is 26.3 Å². The van der Waals surface area contributed by atoms with Crippen LogP contribution in [0.3, 0.4) is 0 Å². The summed E-state index contributed by atoms with van der Waals surface area (Å²) in [5.74, 6) is -0.242. The minimum Gasteiger partial charge on any atom is -0.506 e. The van der Waals surface area contributed by atoms with E-state index < -0.39 is 0 Å². The van der Waals surface area contributed by atoms with Gasteiger partial charge in [0, 0.05) is 4.88 Å². The molecule has 2 heterocycles. The Morgan fingerprint density at radius 1 is 1.17 bits per heavy atom. The van der Waals surface area contributed by atoms with E-state index in [4.69, 9.17) is 0 Å². The van der Waals surface area contributed by atoms with Crippen molar-refractivity contribution < 1.29 is 9.90 Å². The average molecular weight is 438 g/mol. The van der Waals surface area contributed by atoms with Crippen molar-refractivity contribution in [3.05, 3.63) is 75.4 Å². The van der Waals surface area contributed by atoms with Crippen molar-refractivity contribution in [3.63, 3.8) is 0 Å². The number of aromatic hydroxyl groups is 1. The Balaban J connectivity index is 1.65. The highest BCUT2D eigenvalue weighted by atomic mass is 32.2. The SMILES string of the molecule is Cc1ccc(O)c(NC(=O)CSc2nc3sc(C)cc3c(=O)n2-c2ccccc2)c1. The van der Waals surface area contributed by atoms with Crippen LogP contribution in [-0.2, 0) is 4.79 Å². The fraction of sp³-hybridized carbons (Fsp3) is 0.136. The summed E-state index contributed by atoms with van der Waals surface area (Å²) in [6, 6.07) is 16.1. The Morgan fingerprint density at radius 2 is 1.93 bits per heavy atom. The van der Waals surface area contributed by atoms with Crippen LogP contribution in [0.15, 0.2) is 64.5 Å². The molecular formula is C22H19N3O3S2. The zero-order valence-corrected chi connectivity index (χ0v) is 18.0. The van der Waals surface area contributed by atoms with E-state index in [-0.39, 0.29) is 23.0 Å². The number of hydrogen-bond donors (Lipinski definition) is 2. The van der Waals surface area contributed by atoms with Crippen LogP contribution in [0.2, 0.25) is 0 Å². The van der Waals surface area contributed by atoms with Crippen molar-refractivity contribution in [2.75, 3.05) is 11.1 Å². The molecule has 0 radical (unpaired) electrons.